The molecule has 0 aliphatic carbocycles. The quantitative estimate of drug-likeness (QED) is 0.915. The highest BCUT2D eigenvalue weighted by Gasteiger charge is 2.19. The van der Waals surface area contributed by atoms with Crippen LogP contribution in [0.5, 0.6) is 5.88 Å². The van der Waals surface area contributed by atoms with Gasteiger partial charge in [-0.2, -0.15) is 0 Å². The van der Waals surface area contributed by atoms with Crippen LogP contribution >= 0.6 is 22.9 Å². The first-order valence-electron chi connectivity index (χ1n) is 4.49. The highest BCUT2D eigenvalue weighted by Crippen LogP contribution is 2.31. The van der Waals surface area contributed by atoms with Crippen molar-refractivity contribution >= 4 is 22.9 Å². The van der Waals surface area contributed by atoms with Crippen LogP contribution in [0.4, 0.5) is 0 Å². The molecule has 16 heavy (non-hydrogen) atoms. The second-order valence-electron chi connectivity index (χ2n) is 3.02. The Labute approximate surface area is 102 Å². The summed E-state index contributed by atoms with van der Waals surface area (Å²) in [4.78, 5) is 8.75. The van der Waals surface area contributed by atoms with Crippen molar-refractivity contribution in [3.63, 3.8) is 0 Å². The van der Waals surface area contributed by atoms with E-state index in [1.165, 1.54) is 30.8 Å². The Hall–Kier alpha value is -1.17. The molecular weight excluding hydrogens is 248 g/mol. The van der Waals surface area contributed by atoms with Crippen LogP contribution < -0.4 is 4.74 Å². The molecule has 0 radical (unpaired) electrons. The van der Waals surface area contributed by atoms with Gasteiger partial charge in [-0.25, -0.2) is 4.98 Å². The van der Waals surface area contributed by atoms with E-state index in [4.69, 9.17) is 16.3 Å². The summed E-state index contributed by atoms with van der Waals surface area (Å²) in [6.45, 7) is 0. The summed E-state index contributed by atoms with van der Waals surface area (Å²) in [5, 5.41) is 12.4. The third kappa shape index (κ3) is 2.16. The van der Waals surface area contributed by atoms with Gasteiger partial charge in [0, 0.05) is 22.7 Å². The Balaban J connectivity index is 2.36. The van der Waals surface area contributed by atoms with Crippen molar-refractivity contribution in [3.8, 4) is 5.88 Å². The largest absolute Gasteiger partial charge is 0.480 e. The molecule has 1 N–H and O–H groups in total. The molecule has 0 fully saturated rings. The Kier molecular flexibility index (Phi) is 3.38. The molecule has 84 valence electrons. The molecule has 0 spiro atoms. The van der Waals surface area contributed by atoms with Gasteiger partial charge >= 0.3 is 0 Å². The first kappa shape index (κ1) is 11.3. The maximum atomic E-state index is 10.1. The van der Waals surface area contributed by atoms with Gasteiger partial charge in [0.2, 0.25) is 5.88 Å². The van der Waals surface area contributed by atoms with Crippen molar-refractivity contribution in [2.45, 2.75) is 6.10 Å². The van der Waals surface area contributed by atoms with Crippen LogP contribution in [-0.4, -0.2) is 22.2 Å². The van der Waals surface area contributed by atoms with Gasteiger partial charge in [-0.1, -0.05) is 11.6 Å². The summed E-state index contributed by atoms with van der Waals surface area (Å²) in [5.74, 6) is 0.319. The lowest BCUT2D eigenvalue weighted by molar-refractivity contribution is 0.211. The highest BCUT2D eigenvalue weighted by atomic mass is 35.5. The molecule has 0 saturated carbocycles. The molecule has 2 heterocycles. The third-order valence-electron chi connectivity index (χ3n) is 2.00. The normalized spacial score (nSPS) is 12.4. The number of halogens is 1. The number of hydrogen-bond donors (Lipinski definition) is 1. The Morgan fingerprint density at radius 3 is 2.81 bits per heavy atom. The van der Waals surface area contributed by atoms with Crippen molar-refractivity contribution < 1.29 is 9.84 Å². The van der Waals surface area contributed by atoms with Gasteiger partial charge in [0.15, 0.2) is 0 Å². The zero-order valence-corrected chi connectivity index (χ0v) is 10.00. The molecule has 4 nitrogen and oxygen atoms in total. The lowest BCUT2D eigenvalue weighted by Gasteiger charge is -2.10. The lowest BCUT2D eigenvalue weighted by atomic mass is 10.2. The monoisotopic (exact) mass is 256 g/mol. The molecule has 0 aliphatic heterocycles. The highest BCUT2D eigenvalue weighted by molar-refractivity contribution is 7.10. The average Bonchev–Trinajstić information content (AvgIpc) is 2.75. The average molecular weight is 257 g/mol. The minimum Gasteiger partial charge on any atom is -0.480 e. The van der Waals surface area contributed by atoms with E-state index in [2.05, 4.69) is 9.97 Å². The van der Waals surface area contributed by atoms with Gasteiger partial charge in [0.25, 0.3) is 0 Å². The maximum Gasteiger partial charge on any atom is 0.238 e. The van der Waals surface area contributed by atoms with Gasteiger partial charge in [-0.05, 0) is 6.07 Å². The summed E-state index contributed by atoms with van der Waals surface area (Å²) < 4.78 is 5.03. The number of methoxy groups -OCH3 is 1. The lowest BCUT2D eigenvalue weighted by Crippen LogP contribution is -2.04. The van der Waals surface area contributed by atoms with E-state index in [1.807, 2.05) is 0 Å². The molecule has 0 saturated heterocycles. The minimum absolute atomic E-state index is 0.319. The zero-order valence-electron chi connectivity index (χ0n) is 8.42. The number of aromatic nitrogens is 2. The number of rotatable bonds is 3. The molecular formula is C10H9ClN2O2S. The molecule has 0 amide bonds. The fraction of sp³-hybridized carbons (Fsp3) is 0.200. The van der Waals surface area contributed by atoms with E-state index >= 15 is 0 Å². The number of thiophene rings is 1. The zero-order chi connectivity index (χ0) is 11.5. The van der Waals surface area contributed by atoms with E-state index < -0.39 is 6.10 Å². The fourth-order valence-electron chi connectivity index (χ4n) is 1.29. The molecule has 0 aromatic carbocycles. The van der Waals surface area contributed by atoms with Gasteiger partial charge in [0.05, 0.1) is 12.1 Å². The van der Waals surface area contributed by atoms with Crippen molar-refractivity contribution in [1.29, 1.82) is 0 Å². The van der Waals surface area contributed by atoms with Gasteiger partial charge in [-0.3, -0.25) is 4.98 Å². The summed E-state index contributed by atoms with van der Waals surface area (Å²) in [5.41, 5.74) is 0.392. The molecule has 6 heteroatoms. The summed E-state index contributed by atoms with van der Waals surface area (Å²) in [6, 6.07) is 1.70. The second kappa shape index (κ2) is 4.78. The van der Waals surface area contributed by atoms with Crippen LogP contribution in [0.1, 0.15) is 16.7 Å². The number of aliphatic hydroxyl groups is 1. The summed E-state index contributed by atoms with van der Waals surface area (Å²) in [6.07, 6.45) is 2.16. The molecule has 2 rings (SSSR count). The minimum atomic E-state index is -0.860. The van der Waals surface area contributed by atoms with Crippen molar-refractivity contribution in [2.24, 2.45) is 0 Å². The van der Waals surface area contributed by atoms with Crippen molar-refractivity contribution in [3.05, 3.63) is 39.4 Å². The maximum absolute atomic E-state index is 10.1. The first-order valence-corrected chi connectivity index (χ1v) is 5.75. The standard InChI is InChI=1S/C10H9ClN2O2S/c1-15-10-8(12-2-3-13-10)9(14)7-4-6(11)5-16-7/h2-5,9,14H,1H3. The number of nitrogens with zero attached hydrogens (tertiary/aromatic N) is 2. The molecule has 1 atom stereocenters. The Bertz CT molecular complexity index is 489. The van der Waals surface area contributed by atoms with Gasteiger partial charge < -0.3 is 9.84 Å². The van der Waals surface area contributed by atoms with Crippen LogP contribution in [0.15, 0.2) is 23.8 Å². The van der Waals surface area contributed by atoms with E-state index in [1.54, 1.807) is 11.4 Å². The molecule has 2 aromatic rings. The van der Waals surface area contributed by atoms with Gasteiger partial charge in [0.1, 0.15) is 11.8 Å². The van der Waals surface area contributed by atoms with E-state index in [9.17, 15) is 5.11 Å². The second-order valence-corrected chi connectivity index (χ2v) is 4.40. The van der Waals surface area contributed by atoms with Crippen LogP contribution in [0.2, 0.25) is 5.02 Å². The van der Waals surface area contributed by atoms with E-state index in [-0.39, 0.29) is 0 Å². The topological polar surface area (TPSA) is 55.2 Å². The fourth-order valence-corrected chi connectivity index (χ4v) is 2.36. The van der Waals surface area contributed by atoms with Crippen LogP contribution in [0.3, 0.4) is 0 Å². The van der Waals surface area contributed by atoms with Crippen LogP contribution in [-0.2, 0) is 0 Å². The smallest absolute Gasteiger partial charge is 0.238 e. The predicted molar refractivity (Wildman–Crippen MR) is 62.0 cm³/mol. The van der Waals surface area contributed by atoms with Crippen molar-refractivity contribution in [2.75, 3.05) is 7.11 Å². The number of ether oxygens (including phenoxy) is 1. The predicted octanol–water partition coefficient (Wildman–Crippen LogP) is 2.28. The molecule has 0 bridgehead atoms. The van der Waals surface area contributed by atoms with Crippen molar-refractivity contribution in [1.82, 2.24) is 9.97 Å². The molecule has 1 unspecified atom stereocenters. The Morgan fingerprint density at radius 1 is 1.44 bits per heavy atom. The van der Waals surface area contributed by atoms with E-state index in [0.717, 1.165) is 0 Å². The molecule has 0 aliphatic rings. The molecule has 2 aromatic heterocycles. The number of aliphatic hydroxyl groups excluding tert-OH is 1. The van der Waals surface area contributed by atoms with Gasteiger partial charge in [-0.15, -0.1) is 11.3 Å². The SMILES string of the molecule is COc1nccnc1C(O)c1cc(Cl)cs1. The summed E-state index contributed by atoms with van der Waals surface area (Å²) >= 11 is 7.16. The Morgan fingerprint density at radius 2 is 2.19 bits per heavy atom. The van der Waals surface area contributed by atoms with E-state index in [0.29, 0.717) is 21.5 Å². The van der Waals surface area contributed by atoms with Crippen LogP contribution in [0.25, 0.3) is 0 Å². The third-order valence-corrected chi connectivity index (χ3v) is 3.33. The number of hydrogen-bond acceptors (Lipinski definition) is 5. The first-order chi connectivity index (χ1) is 7.72. The summed E-state index contributed by atoms with van der Waals surface area (Å²) in [7, 11) is 1.49. The van der Waals surface area contributed by atoms with Crippen LogP contribution in [0, 0.1) is 0 Å².